The second-order valence-electron chi connectivity index (χ2n) is 4.18. The quantitative estimate of drug-likeness (QED) is 0.784. The van der Waals surface area contributed by atoms with Gasteiger partial charge in [0.15, 0.2) is 11.5 Å². The van der Waals surface area contributed by atoms with E-state index in [1.54, 1.807) is 19.2 Å². The summed E-state index contributed by atoms with van der Waals surface area (Å²) in [5.74, 6) is 1.69. The number of alkyl halides is 1. The van der Waals surface area contributed by atoms with E-state index in [2.05, 4.69) is 6.07 Å². The molecule has 0 atom stereocenters. The summed E-state index contributed by atoms with van der Waals surface area (Å²) < 4.78 is 11.1. The van der Waals surface area contributed by atoms with E-state index in [0.717, 1.165) is 11.1 Å². The normalized spacial score (nSPS) is 9.85. The van der Waals surface area contributed by atoms with Crippen LogP contribution < -0.4 is 9.47 Å². The first-order valence-electron chi connectivity index (χ1n) is 6.12. The molecule has 0 heterocycles. The molecule has 0 spiro atoms. The zero-order valence-corrected chi connectivity index (χ0v) is 11.9. The van der Waals surface area contributed by atoms with Gasteiger partial charge in [0.2, 0.25) is 0 Å². The van der Waals surface area contributed by atoms with Crippen LogP contribution in [0.1, 0.15) is 16.7 Å². The molecule has 0 radical (unpaired) electrons. The Bertz CT molecular complexity index is 595. The van der Waals surface area contributed by atoms with Crippen LogP contribution >= 0.6 is 11.6 Å². The maximum atomic E-state index is 8.76. The molecule has 0 aliphatic carbocycles. The van der Waals surface area contributed by atoms with Crippen molar-refractivity contribution in [2.75, 3.05) is 7.11 Å². The minimum absolute atomic E-state index is 0.361. The lowest BCUT2D eigenvalue weighted by atomic mass is 10.1. The van der Waals surface area contributed by atoms with Gasteiger partial charge < -0.3 is 9.47 Å². The standard InChI is InChI=1S/C16H14ClNO2/c1-19-15-4-2-3-14(9-17)16(15)20-11-13-7-5-12(10-18)6-8-13/h2-8H,9,11H2,1H3. The summed E-state index contributed by atoms with van der Waals surface area (Å²) in [7, 11) is 1.60. The summed E-state index contributed by atoms with van der Waals surface area (Å²) in [6, 6.07) is 15.0. The van der Waals surface area contributed by atoms with Crippen LogP contribution in [0.15, 0.2) is 42.5 Å². The SMILES string of the molecule is COc1cccc(CCl)c1OCc1ccc(C#N)cc1. The number of benzene rings is 2. The first-order chi connectivity index (χ1) is 9.78. The van der Waals surface area contributed by atoms with Crippen molar-refractivity contribution in [1.82, 2.24) is 0 Å². The predicted molar refractivity (Wildman–Crippen MR) is 78.0 cm³/mol. The van der Waals surface area contributed by atoms with Gasteiger partial charge in [-0.2, -0.15) is 5.26 Å². The predicted octanol–water partition coefficient (Wildman–Crippen LogP) is 3.88. The molecule has 3 nitrogen and oxygen atoms in total. The Hall–Kier alpha value is -2.18. The highest BCUT2D eigenvalue weighted by Gasteiger charge is 2.10. The summed E-state index contributed by atoms with van der Waals surface area (Å²) in [5, 5.41) is 8.76. The van der Waals surface area contributed by atoms with Gasteiger partial charge in [-0.05, 0) is 23.8 Å². The van der Waals surface area contributed by atoms with E-state index in [4.69, 9.17) is 26.3 Å². The second-order valence-corrected chi connectivity index (χ2v) is 4.45. The molecule has 4 heteroatoms. The number of ether oxygens (including phenoxy) is 2. The Morgan fingerprint density at radius 1 is 1.15 bits per heavy atom. The molecular weight excluding hydrogens is 274 g/mol. The van der Waals surface area contributed by atoms with Crippen molar-refractivity contribution >= 4 is 11.6 Å². The van der Waals surface area contributed by atoms with Crippen molar-refractivity contribution < 1.29 is 9.47 Å². The van der Waals surface area contributed by atoms with Crippen LogP contribution in [0.25, 0.3) is 0 Å². The second kappa shape index (κ2) is 6.83. The van der Waals surface area contributed by atoms with Crippen LogP contribution in [-0.2, 0) is 12.5 Å². The molecule has 0 unspecified atom stereocenters. The smallest absolute Gasteiger partial charge is 0.166 e. The average Bonchev–Trinajstić information content (AvgIpc) is 2.52. The number of methoxy groups -OCH3 is 1. The van der Waals surface area contributed by atoms with Crippen molar-refractivity contribution in [3.8, 4) is 17.6 Å². The number of para-hydroxylation sites is 1. The van der Waals surface area contributed by atoms with Gasteiger partial charge >= 0.3 is 0 Å². The third-order valence-corrected chi connectivity index (χ3v) is 3.18. The van der Waals surface area contributed by atoms with E-state index in [-0.39, 0.29) is 0 Å². The number of hydrogen-bond donors (Lipinski definition) is 0. The maximum Gasteiger partial charge on any atom is 0.166 e. The molecule has 0 aliphatic rings. The van der Waals surface area contributed by atoms with Gasteiger partial charge in [-0.25, -0.2) is 0 Å². The van der Waals surface area contributed by atoms with Crippen molar-refractivity contribution in [2.45, 2.75) is 12.5 Å². The van der Waals surface area contributed by atoms with E-state index in [0.29, 0.717) is 29.5 Å². The third-order valence-electron chi connectivity index (χ3n) is 2.89. The molecule has 0 aromatic heterocycles. The van der Waals surface area contributed by atoms with Gasteiger partial charge in [0.05, 0.1) is 24.6 Å². The lowest BCUT2D eigenvalue weighted by molar-refractivity contribution is 0.282. The third kappa shape index (κ3) is 3.23. The van der Waals surface area contributed by atoms with Crippen molar-refractivity contribution in [3.05, 3.63) is 59.2 Å². The molecule has 2 rings (SSSR count). The van der Waals surface area contributed by atoms with Gasteiger partial charge in [0.25, 0.3) is 0 Å². The van der Waals surface area contributed by atoms with Crippen molar-refractivity contribution in [2.24, 2.45) is 0 Å². The Morgan fingerprint density at radius 2 is 1.90 bits per heavy atom. The van der Waals surface area contributed by atoms with Crippen LogP contribution in [-0.4, -0.2) is 7.11 Å². The Kier molecular flexibility index (Phi) is 4.86. The van der Waals surface area contributed by atoms with Crippen molar-refractivity contribution in [3.63, 3.8) is 0 Å². The fourth-order valence-corrected chi connectivity index (χ4v) is 2.03. The summed E-state index contributed by atoms with van der Waals surface area (Å²) in [4.78, 5) is 0. The molecule has 102 valence electrons. The van der Waals surface area contributed by atoms with E-state index < -0.39 is 0 Å². The average molecular weight is 288 g/mol. The van der Waals surface area contributed by atoms with E-state index >= 15 is 0 Å². The fourth-order valence-electron chi connectivity index (χ4n) is 1.82. The number of nitriles is 1. The van der Waals surface area contributed by atoms with Crippen LogP contribution in [0.4, 0.5) is 0 Å². The van der Waals surface area contributed by atoms with Crippen LogP contribution in [0, 0.1) is 11.3 Å². The van der Waals surface area contributed by atoms with E-state index in [1.807, 2.05) is 30.3 Å². The molecule has 2 aromatic carbocycles. The van der Waals surface area contributed by atoms with Gasteiger partial charge in [-0.15, -0.1) is 11.6 Å². The summed E-state index contributed by atoms with van der Waals surface area (Å²) in [6.07, 6.45) is 0. The Morgan fingerprint density at radius 3 is 2.50 bits per heavy atom. The van der Waals surface area contributed by atoms with Crippen LogP contribution in [0.2, 0.25) is 0 Å². The highest BCUT2D eigenvalue weighted by molar-refractivity contribution is 6.17. The van der Waals surface area contributed by atoms with Gasteiger partial charge in [-0.3, -0.25) is 0 Å². The lowest BCUT2D eigenvalue weighted by Crippen LogP contribution is -2.00. The molecular formula is C16H14ClNO2. The number of rotatable bonds is 5. The molecule has 0 saturated carbocycles. The van der Waals surface area contributed by atoms with Crippen molar-refractivity contribution in [1.29, 1.82) is 5.26 Å². The molecule has 0 bridgehead atoms. The Balaban J connectivity index is 2.15. The molecule has 0 amide bonds. The maximum absolute atomic E-state index is 8.76. The minimum atomic E-state index is 0.361. The lowest BCUT2D eigenvalue weighted by Gasteiger charge is -2.13. The van der Waals surface area contributed by atoms with Crippen LogP contribution in [0.3, 0.4) is 0 Å². The molecule has 0 saturated heterocycles. The largest absolute Gasteiger partial charge is 0.493 e. The van der Waals surface area contributed by atoms with Gasteiger partial charge in [0.1, 0.15) is 6.61 Å². The number of halogens is 1. The number of hydrogen-bond acceptors (Lipinski definition) is 3. The Labute approximate surface area is 123 Å². The zero-order chi connectivity index (χ0) is 14.4. The highest BCUT2D eigenvalue weighted by atomic mass is 35.5. The first kappa shape index (κ1) is 14.2. The van der Waals surface area contributed by atoms with E-state index in [1.165, 1.54) is 0 Å². The topological polar surface area (TPSA) is 42.2 Å². The zero-order valence-electron chi connectivity index (χ0n) is 11.1. The van der Waals surface area contributed by atoms with Crippen LogP contribution in [0.5, 0.6) is 11.5 Å². The van der Waals surface area contributed by atoms with Gasteiger partial charge in [-0.1, -0.05) is 24.3 Å². The molecule has 2 aromatic rings. The molecule has 0 aliphatic heterocycles. The minimum Gasteiger partial charge on any atom is -0.493 e. The summed E-state index contributed by atoms with van der Waals surface area (Å²) in [6.45, 7) is 0.399. The molecule has 20 heavy (non-hydrogen) atoms. The summed E-state index contributed by atoms with van der Waals surface area (Å²) in [5.41, 5.74) is 2.50. The fraction of sp³-hybridized carbons (Fsp3) is 0.188. The van der Waals surface area contributed by atoms with Gasteiger partial charge in [0, 0.05) is 5.56 Å². The highest BCUT2D eigenvalue weighted by Crippen LogP contribution is 2.32. The number of nitrogens with zero attached hydrogens (tertiary/aromatic N) is 1. The molecule has 0 fully saturated rings. The molecule has 0 N–H and O–H groups in total. The van der Waals surface area contributed by atoms with E-state index in [9.17, 15) is 0 Å². The monoisotopic (exact) mass is 287 g/mol. The first-order valence-corrected chi connectivity index (χ1v) is 6.65. The summed E-state index contributed by atoms with van der Waals surface area (Å²) >= 11 is 5.91.